The van der Waals surface area contributed by atoms with Gasteiger partial charge in [0.2, 0.25) is 0 Å². The zero-order valence-electron chi connectivity index (χ0n) is 19.3. The van der Waals surface area contributed by atoms with Crippen molar-refractivity contribution >= 4 is 22.8 Å². The Labute approximate surface area is 209 Å². The molecular weight excluding hydrogens is 489 g/mol. The van der Waals surface area contributed by atoms with Crippen LogP contribution in [0.2, 0.25) is 0 Å². The van der Waals surface area contributed by atoms with Crippen LogP contribution >= 0.6 is 0 Å². The van der Waals surface area contributed by atoms with E-state index in [1.165, 1.54) is 18.2 Å². The Morgan fingerprint density at radius 2 is 1.46 bits per heavy atom. The minimum absolute atomic E-state index is 0.00158. The van der Waals surface area contributed by atoms with Gasteiger partial charge in [-0.3, -0.25) is 9.59 Å². The van der Waals surface area contributed by atoms with E-state index in [1.54, 1.807) is 48.5 Å². The zero-order chi connectivity index (χ0) is 26.3. The molecule has 1 N–H and O–H groups in total. The molecule has 0 unspecified atom stereocenters. The standard InChI is InChI=1S/C27H21F3N2O5/c28-27(29,30)37-22-13-7-12-21-20(22)14-23(35-16-18-8-3-1-4-9-18)25(32-21)26(34)31-15-24(33)36-17-19-10-5-2-6-11-19/h1-14H,15-17H2,(H,31,34). The molecule has 190 valence electrons. The number of amides is 1. The van der Waals surface area contributed by atoms with E-state index in [4.69, 9.17) is 9.47 Å². The number of fused-ring (bicyclic) bond motifs is 1. The quantitative estimate of drug-likeness (QED) is 0.312. The minimum Gasteiger partial charge on any atom is -0.486 e. The molecule has 0 saturated heterocycles. The van der Waals surface area contributed by atoms with Crippen molar-refractivity contribution in [2.75, 3.05) is 6.54 Å². The van der Waals surface area contributed by atoms with Gasteiger partial charge in [-0.25, -0.2) is 4.98 Å². The van der Waals surface area contributed by atoms with Crippen LogP contribution in [0.1, 0.15) is 21.6 Å². The third-order valence-corrected chi connectivity index (χ3v) is 5.10. The van der Waals surface area contributed by atoms with E-state index in [0.717, 1.165) is 17.2 Å². The molecule has 1 aromatic heterocycles. The van der Waals surface area contributed by atoms with Crippen LogP contribution in [0.25, 0.3) is 10.9 Å². The van der Waals surface area contributed by atoms with E-state index >= 15 is 0 Å². The maximum atomic E-state index is 12.9. The highest BCUT2D eigenvalue weighted by molar-refractivity contribution is 6.00. The number of benzene rings is 3. The van der Waals surface area contributed by atoms with E-state index in [2.05, 4.69) is 15.0 Å². The van der Waals surface area contributed by atoms with Gasteiger partial charge in [0.25, 0.3) is 5.91 Å². The van der Waals surface area contributed by atoms with Crippen molar-refractivity contribution in [3.05, 3.63) is 102 Å². The van der Waals surface area contributed by atoms with Crippen molar-refractivity contribution in [1.82, 2.24) is 10.3 Å². The second kappa shape index (κ2) is 11.4. The fourth-order valence-corrected chi connectivity index (χ4v) is 3.40. The molecule has 7 nitrogen and oxygen atoms in total. The summed E-state index contributed by atoms with van der Waals surface area (Å²) in [6, 6.07) is 23.2. The number of nitrogens with one attached hydrogen (secondary N) is 1. The first-order valence-electron chi connectivity index (χ1n) is 11.1. The number of aromatic nitrogens is 1. The summed E-state index contributed by atoms with van der Waals surface area (Å²) in [4.78, 5) is 29.3. The van der Waals surface area contributed by atoms with Crippen LogP contribution in [0.15, 0.2) is 84.9 Å². The Morgan fingerprint density at radius 1 is 0.811 bits per heavy atom. The van der Waals surface area contributed by atoms with Crippen molar-refractivity contribution in [1.29, 1.82) is 0 Å². The number of carbonyl (C=O) groups excluding carboxylic acids is 2. The molecule has 37 heavy (non-hydrogen) atoms. The van der Waals surface area contributed by atoms with Crippen LogP contribution < -0.4 is 14.8 Å². The molecule has 0 aliphatic heterocycles. The topological polar surface area (TPSA) is 86.8 Å². The van der Waals surface area contributed by atoms with E-state index in [-0.39, 0.29) is 35.6 Å². The summed E-state index contributed by atoms with van der Waals surface area (Å²) < 4.78 is 53.8. The second-order valence-corrected chi connectivity index (χ2v) is 7.81. The van der Waals surface area contributed by atoms with Gasteiger partial charge in [-0.05, 0) is 29.3 Å². The summed E-state index contributed by atoms with van der Waals surface area (Å²) >= 11 is 0. The normalized spacial score (nSPS) is 11.1. The molecule has 0 radical (unpaired) electrons. The monoisotopic (exact) mass is 510 g/mol. The van der Waals surface area contributed by atoms with Crippen molar-refractivity contribution in [2.45, 2.75) is 19.6 Å². The van der Waals surface area contributed by atoms with Crippen LogP contribution in [0.3, 0.4) is 0 Å². The second-order valence-electron chi connectivity index (χ2n) is 7.81. The first kappa shape index (κ1) is 25.5. The largest absolute Gasteiger partial charge is 0.573 e. The molecule has 3 aromatic carbocycles. The SMILES string of the molecule is O=C(CNC(=O)c1nc2cccc(OC(F)(F)F)c2cc1OCc1ccccc1)OCc1ccccc1. The third-order valence-electron chi connectivity index (χ3n) is 5.10. The number of hydrogen-bond donors (Lipinski definition) is 1. The number of esters is 1. The summed E-state index contributed by atoms with van der Waals surface area (Å²) in [5, 5.41) is 2.43. The maximum absolute atomic E-state index is 12.9. The molecule has 0 aliphatic rings. The number of alkyl halides is 3. The van der Waals surface area contributed by atoms with E-state index in [9.17, 15) is 22.8 Å². The summed E-state index contributed by atoms with van der Waals surface area (Å²) in [6.45, 7) is -0.381. The number of halogens is 3. The van der Waals surface area contributed by atoms with Gasteiger partial charge in [-0.15, -0.1) is 13.2 Å². The van der Waals surface area contributed by atoms with Crippen LogP contribution in [0, 0.1) is 0 Å². The van der Waals surface area contributed by atoms with Crippen LogP contribution in [-0.4, -0.2) is 29.8 Å². The highest BCUT2D eigenvalue weighted by atomic mass is 19.4. The number of hydrogen-bond acceptors (Lipinski definition) is 6. The Kier molecular flexibility index (Phi) is 7.87. The fourth-order valence-electron chi connectivity index (χ4n) is 3.40. The Bertz CT molecular complexity index is 1380. The lowest BCUT2D eigenvalue weighted by molar-refractivity contribution is -0.274. The Morgan fingerprint density at radius 3 is 2.11 bits per heavy atom. The van der Waals surface area contributed by atoms with E-state index in [0.29, 0.717) is 0 Å². The molecule has 0 atom stereocenters. The highest BCUT2D eigenvalue weighted by Gasteiger charge is 2.32. The predicted octanol–water partition coefficient (Wildman–Crippen LogP) is 5.19. The highest BCUT2D eigenvalue weighted by Crippen LogP contribution is 2.33. The fraction of sp³-hybridized carbons (Fsp3) is 0.148. The van der Waals surface area contributed by atoms with E-state index in [1.807, 2.05) is 12.1 Å². The molecule has 0 fully saturated rings. The van der Waals surface area contributed by atoms with Gasteiger partial charge < -0.3 is 19.5 Å². The molecule has 0 bridgehead atoms. The first-order chi connectivity index (χ1) is 17.8. The molecule has 0 aliphatic carbocycles. The smallest absolute Gasteiger partial charge is 0.486 e. The number of pyridine rings is 1. The summed E-state index contributed by atoms with van der Waals surface area (Å²) in [5.41, 5.74) is 1.42. The number of rotatable bonds is 9. The molecule has 4 rings (SSSR count). The van der Waals surface area contributed by atoms with Gasteiger partial charge >= 0.3 is 12.3 Å². The average molecular weight is 510 g/mol. The van der Waals surface area contributed by atoms with Crippen LogP contribution in [0.5, 0.6) is 11.5 Å². The van der Waals surface area contributed by atoms with Crippen LogP contribution in [-0.2, 0) is 22.7 Å². The van der Waals surface area contributed by atoms with Crippen LogP contribution in [0.4, 0.5) is 13.2 Å². The Balaban J connectivity index is 1.55. The van der Waals surface area contributed by atoms with Gasteiger partial charge in [-0.1, -0.05) is 66.7 Å². The summed E-state index contributed by atoms with van der Waals surface area (Å²) in [6.07, 6.45) is -4.92. The molecule has 4 aromatic rings. The van der Waals surface area contributed by atoms with Gasteiger partial charge in [0.05, 0.1) is 5.52 Å². The van der Waals surface area contributed by atoms with Crippen molar-refractivity contribution in [2.24, 2.45) is 0 Å². The summed E-state index contributed by atoms with van der Waals surface area (Å²) in [7, 11) is 0. The number of carbonyl (C=O) groups is 2. The lowest BCUT2D eigenvalue weighted by Gasteiger charge is -2.15. The third kappa shape index (κ3) is 7.20. The van der Waals surface area contributed by atoms with Gasteiger partial charge in [0, 0.05) is 5.39 Å². The Hall–Kier alpha value is -4.60. The average Bonchev–Trinajstić information content (AvgIpc) is 2.89. The van der Waals surface area contributed by atoms with Crippen molar-refractivity contribution in [3.63, 3.8) is 0 Å². The number of nitrogens with zero attached hydrogens (tertiary/aromatic N) is 1. The van der Waals surface area contributed by atoms with Gasteiger partial charge in [0.1, 0.15) is 25.5 Å². The molecule has 0 spiro atoms. The first-order valence-corrected chi connectivity index (χ1v) is 11.1. The maximum Gasteiger partial charge on any atom is 0.573 e. The van der Waals surface area contributed by atoms with Crippen molar-refractivity contribution in [3.8, 4) is 11.5 Å². The molecule has 1 amide bonds. The molecule has 0 saturated carbocycles. The lowest BCUT2D eigenvalue weighted by Crippen LogP contribution is -2.31. The molecule has 10 heteroatoms. The molecule has 1 heterocycles. The van der Waals surface area contributed by atoms with Crippen molar-refractivity contribution < 1.29 is 37.0 Å². The predicted molar refractivity (Wildman–Crippen MR) is 128 cm³/mol. The van der Waals surface area contributed by atoms with Gasteiger partial charge in [-0.2, -0.15) is 0 Å². The molecular formula is C27H21F3N2O5. The van der Waals surface area contributed by atoms with Gasteiger partial charge in [0.15, 0.2) is 11.4 Å². The minimum atomic E-state index is -4.92. The lowest BCUT2D eigenvalue weighted by atomic mass is 10.1. The van der Waals surface area contributed by atoms with E-state index < -0.39 is 30.5 Å². The number of ether oxygens (including phenoxy) is 3. The summed E-state index contributed by atoms with van der Waals surface area (Å²) in [5.74, 6) is -2.00. The zero-order valence-corrected chi connectivity index (χ0v) is 19.3.